The maximum atomic E-state index is 14.1. The summed E-state index contributed by atoms with van der Waals surface area (Å²) in [5.41, 5.74) is -1.21. The van der Waals surface area contributed by atoms with E-state index in [9.17, 15) is 89.4 Å². The Morgan fingerprint density at radius 1 is 0.389 bits per heavy atom. The van der Waals surface area contributed by atoms with E-state index in [0.717, 1.165) is 44.9 Å². The molecular weight excluding hydrogens is 1470 g/mol. The first-order valence-electron chi connectivity index (χ1n) is 42.4. The number of amides is 4. The molecule has 4 saturated heterocycles. The minimum absolute atomic E-state index is 0.000486. The molecule has 0 aromatic heterocycles. The van der Waals surface area contributed by atoms with E-state index in [4.69, 9.17) is 42.6 Å². The number of carbonyl (C=O) groups excluding carboxylic acids is 8. The third-order valence-electron chi connectivity index (χ3n) is 21.8. The summed E-state index contributed by atoms with van der Waals surface area (Å²) in [5, 5.41) is 109. The highest BCUT2D eigenvalue weighted by molar-refractivity contribution is 5.80. The van der Waals surface area contributed by atoms with Gasteiger partial charge in [-0.1, -0.05) is 80.1 Å². The third-order valence-corrected chi connectivity index (χ3v) is 21.8. The molecule has 0 radical (unpaired) electrons. The van der Waals surface area contributed by atoms with E-state index in [1.54, 1.807) is 20.8 Å². The van der Waals surface area contributed by atoms with Gasteiger partial charge >= 0.3 is 0 Å². The second kappa shape index (κ2) is 57.1. The van der Waals surface area contributed by atoms with Crippen molar-refractivity contribution in [3.8, 4) is 0 Å². The molecule has 4 rings (SSSR count). The Kier molecular flexibility index (Phi) is 51.1. The fourth-order valence-corrected chi connectivity index (χ4v) is 14.3. The van der Waals surface area contributed by atoms with Crippen LogP contribution in [-0.2, 0) is 81.0 Å². The number of nitrogens with zero attached hydrogens (tertiary/aromatic N) is 1. The standard InChI is InChI=1S/C82H146N4O27/c1-56-72(99)75(102)65(50-87)111-78(56)108-42-22-19-30-60(90)26-13-11-15-28-62(92)36-45-105-53-82(85-70(97)33-17-9-7-8-10-18-34-71(98)86-49-64(94)48-59(86)35-39-81(4,5)6,54-106-46-37-63(93)29-16-12-14-27-61(91)31-20-23-43-109-79-57(2)73(100)76(103)66(51-88)112-79)55-107-47-38-69(96)84-41-25-40-83-68(95)32-21-24-44-110-80-58(3)74(101)77(104)67(52-89)113-80/h56-59,64-67,72-80,87-89,94,99-104H,7-55H2,1-6H3,(H,83,95)(H,84,96)(H,85,97)/t56?,57?,58?,59-,64-,65?,66?,67?,72?,73?,74?,75?,76?,77?,78?,79?,80?,82?/m1/s1. The summed E-state index contributed by atoms with van der Waals surface area (Å²) in [6.07, 6.45) is 4.48. The molecule has 17 atom stereocenters. The summed E-state index contributed by atoms with van der Waals surface area (Å²) in [5.74, 6) is -2.20. The number of aliphatic hydroxyl groups excluding tert-OH is 10. The number of rotatable bonds is 64. The van der Waals surface area contributed by atoms with Gasteiger partial charge in [-0.25, -0.2) is 0 Å². The molecule has 0 aromatic rings. The van der Waals surface area contributed by atoms with Crippen molar-refractivity contribution in [3.63, 3.8) is 0 Å². The van der Waals surface area contributed by atoms with Crippen LogP contribution in [0, 0.1) is 23.2 Å². The highest BCUT2D eigenvalue weighted by atomic mass is 16.7. The van der Waals surface area contributed by atoms with Crippen molar-refractivity contribution in [2.45, 2.75) is 351 Å². The summed E-state index contributed by atoms with van der Waals surface area (Å²) in [4.78, 5) is 107. The summed E-state index contributed by atoms with van der Waals surface area (Å²) in [6, 6.07) is 0.0477. The molecule has 4 heterocycles. The molecule has 31 nitrogen and oxygen atoms in total. The first-order valence-corrected chi connectivity index (χ1v) is 42.4. The van der Waals surface area contributed by atoms with E-state index in [1.165, 1.54) is 0 Å². The zero-order valence-corrected chi connectivity index (χ0v) is 68.8. The molecule has 0 aliphatic carbocycles. The smallest absolute Gasteiger partial charge is 0.222 e. The van der Waals surface area contributed by atoms with Crippen LogP contribution < -0.4 is 16.0 Å². The van der Waals surface area contributed by atoms with Crippen molar-refractivity contribution in [1.29, 1.82) is 0 Å². The van der Waals surface area contributed by atoms with Crippen molar-refractivity contribution in [1.82, 2.24) is 20.9 Å². The lowest BCUT2D eigenvalue weighted by Crippen LogP contribution is -2.58. The Hall–Kier alpha value is -4.20. The summed E-state index contributed by atoms with van der Waals surface area (Å²) in [6.45, 7) is 11.4. The number of aliphatic hydroxyl groups is 10. The van der Waals surface area contributed by atoms with Gasteiger partial charge in [0.25, 0.3) is 0 Å². The SMILES string of the molecule is CC1C(OCCCCC(=O)CCCCCC(=O)CCOCC(COCCC(=O)CCCCCC(=O)CCCCOC2OC(CO)C(O)C(O)C2C)(COCCC(=O)NCCCNC(=O)CCCCOC2OC(CO)C(O)C(O)C2C)NC(=O)CCCCCCCCC(=O)N2C[C@H](O)C[C@H]2CCC(C)(C)C)OC(CO)C(O)C1O. The van der Waals surface area contributed by atoms with Crippen molar-refractivity contribution in [3.05, 3.63) is 0 Å². The number of ether oxygens (including phenoxy) is 9. The van der Waals surface area contributed by atoms with Crippen LogP contribution in [0.15, 0.2) is 0 Å². The van der Waals surface area contributed by atoms with Gasteiger partial charge in [0.05, 0.1) is 83.9 Å². The van der Waals surface area contributed by atoms with Gasteiger partial charge in [0.2, 0.25) is 23.6 Å². The Bertz CT molecular complexity index is 2460. The first kappa shape index (κ1) is 101. The quantitative estimate of drug-likeness (QED) is 0.0371. The zero-order chi connectivity index (χ0) is 83.1. The van der Waals surface area contributed by atoms with Crippen LogP contribution in [-0.4, -0.2) is 293 Å². The van der Waals surface area contributed by atoms with Gasteiger partial charge in [0, 0.05) is 140 Å². The van der Waals surface area contributed by atoms with Crippen LogP contribution in [0.5, 0.6) is 0 Å². The van der Waals surface area contributed by atoms with Crippen molar-refractivity contribution >= 4 is 46.8 Å². The van der Waals surface area contributed by atoms with Crippen LogP contribution in [0.25, 0.3) is 0 Å². The second-order valence-corrected chi connectivity index (χ2v) is 33.1. The van der Waals surface area contributed by atoms with Gasteiger partial charge < -0.3 is 115 Å². The molecule has 0 saturated carbocycles. The average Bonchev–Trinajstić information content (AvgIpc) is 1.53. The van der Waals surface area contributed by atoms with Gasteiger partial charge in [-0.3, -0.25) is 38.4 Å². The number of likely N-dealkylation sites (tertiary alicyclic amines) is 1. The predicted octanol–water partition coefficient (Wildman–Crippen LogP) is 4.56. The molecule has 656 valence electrons. The van der Waals surface area contributed by atoms with Crippen LogP contribution in [0.4, 0.5) is 0 Å². The molecule has 4 fully saturated rings. The number of ketones is 4. The maximum Gasteiger partial charge on any atom is 0.222 e. The van der Waals surface area contributed by atoms with E-state index in [-0.39, 0.29) is 169 Å². The molecule has 4 aliphatic rings. The van der Waals surface area contributed by atoms with E-state index < -0.39 is 123 Å². The molecule has 4 aliphatic heterocycles. The molecule has 4 amide bonds. The van der Waals surface area contributed by atoms with Gasteiger partial charge in [-0.2, -0.15) is 0 Å². The molecule has 13 N–H and O–H groups in total. The fraction of sp³-hybridized carbons (Fsp3) is 0.902. The van der Waals surface area contributed by atoms with Crippen molar-refractivity contribution < 1.29 is 132 Å². The zero-order valence-electron chi connectivity index (χ0n) is 68.8. The van der Waals surface area contributed by atoms with Crippen LogP contribution in [0.1, 0.15) is 260 Å². The normalized spacial score (nSPS) is 26.6. The predicted molar refractivity (Wildman–Crippen MR) is 416 cm³/mol. The lowest BCUT2D eigenvalue weighted by molar-refractivity contribution is -0.282. The van der Waals surface area contributed by atoms with E-state index in [2.05, 4.69) is 36.7 Å². The number of hydrogen-bond acceptors (Lipinski definition) is 27. The van der Waals surface area contributed by atoms with Crippen molar-refractivity contribution in [2.75, 3.05) is 98.9 Å². The summed E-state index contributed by atoms with van der Waals surface area (Å²) < 4.78 is 52.7. The maximum absolute atomic E-state index is 14.1. The van der Waals surface area contributed by atoms with E-state index in [0.29, 0.717) is 142 Å². The Morgan fingerprint density at radius 3 is 1.12 bits per heavy atom. The molecule has 0 bridgehead atoms. The number of unbranched alkanes of at least 4 members (excludes halogenated alkanes) is 12. The van der Waals surface area contributed by atoms with E-state index >= 15 is 0 Å². The number of Topliss-reactive ketones (excluding diaryl/α,β-unsaturated/α-hetero) is 4. The lowest BCUT2D eigenvalue weighted by atomic mass is 9.88. The number of β-amino-alcohol motifs (C(OH)–C–C–N with tert-alkyl or cyclic N) is 1. The van der Waals surface area contributed by atoms with Crippen LogP contribution in [0.2, 0.25) is 0 Å². The first-order chi connectivity index (χ1) is 54.0. The van der Waals surface area contributed by atoms with E-state index in [1.807, 2.05) is 4.90 Å². The highest BCUT2D eigenvalue weighted by Crippen LogP contribution is 2.32. The molecule has 0 aromatic carbocycles. The van der Waals surface area contributed by atoms with Gasteiger partial charge in [-0.05, 0) is 108 Å². The van der Waals surface area contributed by atoms with Gasteiger partial charge in [0.1, 0.15) is 65.3 Å². The minimum Gasteiger partial charge on any atom is -0.394 e. The van der Waals surface area contributed by atoms with Crippen LogP contribution >= 0.6 is 0 Å². The summed E-state index contributed by atoms with van der Waals surface area (Å²) in [7, 11) is 0. The Morgan fingerprint density at radius 2 is 0.717 bits per heavy atom. The number of hydrogen-bond donors (Lipinski definition) is 13. The number of carbonyl (C=O) groups is 8. The van der Waals surface area contributed by atoms with Gasteiger partial charge in [-0.15, -0.1) is 0 Å². The highest BCUT2D eigenvalue weighted by Gasteiger charge is 2.45. The average molecular weight is 1620 g/mol. The van der Waals surface area contributed by atoms with Gasteiger partial charge in [0.15, 0.2) is 18.9 Å². The third kappa shape index (κ3) is 40.9. The molecule has 15 unspecified atom stereocenters. The second-order valence-electron chi connectivity index (χ2n) is 33.1. The Labute approximate surface area is 670 Å². The molecule has 113 heavy (non-hydrogen) atoms. The molecular formula is C82H146N4O27. The minimum atomic E-state index is -1.34. The molecule has 31 heteroatoms. The topological polar surface area (TPSA) is 461 Å². The summed E-state index contributed by atoms with van der Waals surface area (Å²) >= 11 is 0. The monoisotopic (exact) mass is 1620 g/mol. The largest absolute Gasteiger partial charge is 0.394 e. The fourth-order valence-electron chi connectivity index (χ4n) is 14.3. The lowest BCUT2D eigenvalue weighted by Gasteiger charge is -2.40. The number of nitrogens with one attached hydrogen (secondary N) is 3. The molecule has 0 spiro atoms. The van der Waals surface area contributed by atoms with Crippen LogP contribution in [0.3, 0.4) is 0 Å². The van der Waals surface area contributed by atoms with Crippen molar-refractivity contribution in [2.24, 2.45) is 23.2 Å². The Balaban J connectivity index is 1.28.